The van der Waals surface area contributed by atoms with Crippen LogP contribution in [0.5, 0.6) is 0 Å². The number of anilines is 3. The summed E-state index contributed by atoms with van der Waals surface area (Å²) in [6.45, 7) is 4.14. The van der Waals surface area contributed by atoms with Crippen LogP contribution in [-0.4, -0.2) is 59.3 Å². The van der Waals surface area contributed by atoms with Gasteiger partial charge in [-0.25, -0.2) is 19.2 Å². The largest absolute Gasteiger partial charge is 0.465 e. The number of aromatic nitrogens is 2. The molecule has 1 fully saturated rings. The molecular weight excluding hydrogens is 499 g/mol. The molecule has 1 aliphatic rings. The maximum absolute atomic E-state index is 13.4. The second-order valence-corrected chi connectivity index (χ2v) is 10.5. The first kappa shape index (κ1) is 24.0. The van der Waals surface area contributed by atoms with E-state index in [0.717, 1.165) is 33.0 Å². The predicted molar refractivity (Wildman–Crippen MR) is 141 cm³/mol. The van der Waals surface area contributed by atoms with Crippen LogP contribution < -0.4 is 9.80 Å². The van der Waals surface area contributed by atoms with Gasteiger partial charge in [-0.1, -0.05) is 18.3 Å². The number of piperazine rings is 1. The number of carboxylic acid groups (broad SMARTS) is 1. The third-order valence-corrected chi connectivity index (χ3v) is 8.53. The number of hydrogen-bond donors (Lipinski definition) is 1. The van der Waals surface area contributed by atoms with Crippen LogP contribution in [-0.2, 0) is 6.42 Å². The minimum Gasteiger partial charge on any atom is -0.465 e. The molecule has 1 saturated heterocycles. The van der Waals surface area contributed by atoms with E-state index in [9.17, 15) is 19.6 Å². The average Bonchev–Trinajstić information content (AvgIpc) is 3.50. The van der Waals surface area contributed by atoms with Gasteiger partial charge < -0.3 is 19.8 Å². The molecule has 0 unspecified atom stereocenters. The summed E-state index contributed by atoms with van der Waals surface area (Å²) in [5.41, 5.74) is 3.03. The molecule has 5 rings (SSSR count). The van der Waals surface area contributed by atoms with Gasteiger partial charge in [0.1, 0.15) is 33.8 Å². The second kappa shape index (κ2) is 9.72. The van der Waals surface area contributed by atoms with Crippen molar-refractivity contribution in [3.63, 3.8) is 0 Å². The first-order valence-corrected chi connectivity index (χ1v) is 13.1. The molecule has 3 aromatic heterocycles. The standard InChI is InChI=1S/C25H23FN6O2S2/c1-3-17-23(30(2)24-29-21(19(14-27)36-24)15-4-6-16(26)7-5-15)22-18(35-17)8-9-20(28-22)31-10-12-32(13-11-31)25(33)34/h4-9H,3,10-13H2,1-2H3,(H,33,34). The predicted octanol–water partition coefficient (Wildman–Crippen LogP) is 5.56. The van der Waals surface area contributed by atoms with E-state index < -0.39 is 6.09 Å². The number of nitriles is 1. The molecule has 0 bridgehead atoms. The average molecular weight is 523 g/mol. The Hall–Kier alpha value is -3.75. The fourth-order valence-electron chi connectivity index (χ4n) is 4.32. The number of benzene rings is 1. The third kappa shape index (κ3) is 4.34. The van der Waals surface area contributed by atoms with Crippen molar-refractivity contribution < 1.29 is 14.3 Å². The molecule has 0 spiro atoms. The van der Waals surface area contributed by atoms with Crippen molar-refractivity contribution in [2.45, 2.75) is 13.3 Å². The van der Waals surface area contributed by atoms with E-state index in [0.29, 0.717) is 47.4 Å². The van der Waals surface area contributed by atoms with Crippen molar-refractivity contribution in [3.05, 3.63) is 52.0 Å². The van der Waals surface area contributed by atoms with Gasteiger partial charge in [-0.05, 0) is 42.8 Å². The summed E-state index contributed by atoms with van der Waals surface area (Å²) in [7, 11) is 1.93. The van der Waals surface area contributed by atoms with Crippen LogP contribution in [0.25, 0.3) is 21.5 Å². The zero-order chi connectivity index (χ0) is 25.4. The zero-order valence-corrected chi connectivity index (χ0v) is 21.4. The number of rotatable bonds is 5. The monoisotopic (exact) mass is 522 g/mol. The summed E-state index contributed by atoms with van der Waals surface area (Å²) < 4.78 is 14.5. The molecule has 184 valence electrons. The maximum atomic E-state index is 13.4. The number of carbonyl (C=O) groups is 1. The number of nitrogens with zero attached hydrogens (tertiary/aromatic N) is 6. The van der Waals surface area contributed by atoms with Crippen molar-refractivity contribution >= 4 is 55.6 Å². The number of thiophene rings is 1. The summed E-state index contributed by atoms with van der Waals surface area (Å²) >= 11 is 2.98. The number of thiazole rings is 1. The third-order valence-electron chi connectivity index (χ3n) is 6.22. The second-order valence-electron chi connectivity index (χ2n) is 8.35. The van der Waals surface area contributed by atoms with E-state index in [1.54, 1.807) is 23.5 Å². The van der Waals surface area contributed by atoms with E-state index in [1.165, 1.54) is 28.4 Å². The Morgan fingerprint density at radius 2 is 1.86 bits per heavy atom. The minimum atomic E-state index is -0.896. The highest BCUT2D eigenvalue weighted by Gasteiger charge is 2.25. The van der Waals surface area contributed by atoms with Crippen LogP contribution in [0.15, 0.2) is 36.4 Å². The molecule has 36 heavy (non-hydrogen) atoms. The normalized spacial score (nSPS) is 13.7. The quantitative estimate of drug-likeness (QED) is 0.366. The van der Waals surface area contributed by atoms with Gasteiger partial charge >= 0.3 is 6.09 Å². The molecule has 4 aromatic rings. The molecule has 1 N–H and O–H groups in total. The fourth-order valence-corrected chi connectivity index (χ4v) is 6.29. The van der Waals surface area contributed by atoms with Crippen molar-refractivity contribution in [1.82, 2.24) is 14.9 Å². The lowest BCUT2D eigenvalue weighted by Crippen LogP contribution is -2.48. The van der Waals surface area contributed by atoms with Gasteiger partial charge in [0.05, 0.1) is 10.4 Å². The Morgan fingerprint density at radius 3 is 2.50 bits per heavy atom. The lowest BCUT2D eigenvalue weighted by molar-refractivity contribution is 0.142. The van der Waals surface area contributed by atoms with Gasteiger partial charge in [-0.2, -0.15) is 5.26 Å². The Kier molecular flexibility index (Phi) is 6.47. The first-order chi connectivity index (χ1) is 17.4. The highest BCUT2D eigenvalue weighted by Crippen LogP contribution is 2.43. The summed E-state index contributed by atoms with van der Waals surface area (Å²) in [6.07, 6.45) is -0.0816. The van der Waals surface area contributed by atoms with E-state index in [4.69, 9.17) is 9.97 Å². The van der Waals surface area contributed by atoms with E-state index >= 15 is 0 Å². The Morgan fingerprint density at radius 1 is 1.14 bits per heavy atom. The lowest BCUT2D eigenvalue weighted by atomic mass is 10.1. The van der Waals surface area contributed by atoms with Crippen molar-refractivity contribution in [2.24, 2.45) is 0 Å². The Labute approximate surface area is 215 Å². The van der Waals surface area contributed by atoms with Crippen LogP contribution in [0, 0.1) is 17.1 Å². The van der Waals surface area contributed by atoms with E-state index in [-0.39, 0.29) is 5.82 Å². The molecule has 0 saturated carbocycles. The summed E-state index contributed by atoms with van der Waals surface area (Å²) in [6, 6.07) is 12.3. The molecule has 0 atom stereocenters. The van der Waals surface area contributed by atoms with Crippen molar-refractivity contribution in [3.8, 4) is 17.3 Å². The van der Waals surface area contributed by atoms with Crippen LogP contribution in [0.2, 0.25) is 0 Å². The fraction of sp³-hybridized carbons (Fsp3) is 0.280. The molecule has 8 nitrogen and oxygen atoms in total. The van der Waals surface area contributed by atoms with Gasteiger partial charge in [-0.3, -0.25) is 0 Å². The lowest BCUT2D eigenvalue weighted by Gasteiger charge is -2.33. The van der Waals surface area contributed by atoms with Crippen LogP contribution in [0.1, 0.15) is 16.7 Å². The molecule has 1 aliphatic heterocycles. The van der Waals surface area contributed by atoms with Gasteiger partial charge in [0.2, 0.25) is 0 Å². The molecular formula is C25H23FN6O2S2. The van der Waals surface area contributed by atoms with Crippen molar-refractivity contribution in [1.29, 1.82) is 5.26 Å². The molecule has 0 aliphatic carbocycles. The summed E-state index contributed by atoms with van der Waals surface area (Å²) in [5.74, 6) is 0.472. The first-order valence-electron chi connectivity index (χ1n) is 11.5. The minimum absolute atomic E-state index is 0.339. The molecule has 1 aromatic carbocycles. The smallest absolute Gasteiger partial charge is 0.407 e. The zero-order valence-electron chi connectivity index (χ0n) is 19.7. The van der Waals surface area contributed by atoms with E-state index in [2.05, 4.69) is 24.0 Å². The molecule has 0 radical (unpaired) electrons. The Bertz CT molecular complexity index is 1470. The van der Waals surface area contributed by atoms with Gasteiger partial charge in [0.15, 0.2) is 5.13 Å². The number of hydrogen-bond acceptors (Lipinski definition) is 8. The van der Waals surface area contributed by atoms with Crippen LogP contribution >= 0.6 is 22.7 Å². The number of fused-ring (bicyclic) bond motifs is 1. The number of amides is 1. The number of pyridine rings is 1. The molecule has 11 heteroatoms. The molecule has 1 amide bonds. The summed E-state index contributed by atoms with van der Waals surface area (Å²) in [5, 5.41) is 19.6. The number of halogens is 1. The Balaban J connectivity index is 1.52. The van der Waals surface area contributed by atoms with Crippen LogP contribution in [0.4, 0.5) is 25.8 Å². The maximum Gasteiger partial charge on any atom is 0.407 e. The van der Waals surface area contributed by atoms with Gasteiger partial charge in [-0.15, -0.1) is 11.3 Å². The molecule has 4 heterocycles. The van der Waals surface area contributed by atoms with E-state index in [1.807, 2.05) is 18.0 Å². The topological polar surface area (TPSA) is 96.6 Å². The van der Waals surface area contributed by atoms with Gasteiger partial charge in [0.25, 0.3) is 0 Å². The highest BCUT2D eigenvalue weighted by atomic mass is 32.1. The SMILES string of the molecule is CCc1sc2ccc(N3CCN(C(=O)O)CC3)nc2c1N(C)c1nc(-c2ccc(F)cc2)c(C#N)s1. The number of aryl methyl sites for hydroxylation is 1. The summed E-state index contributed by atoms with van der Waals surface area (Å²) in [4.78, 5) is 28.2. The van der Waals surface area contributed by atoms with Crippen LogP contribution in [0.3, 0.4) is 0 Å². The van der Waals surface area contributed by atoms with Crippen molar-refractivity contribution in [2.75, 3.05) is 43.0 Å². The van der Waals surface area contributed by atoms with Gasteiger partial charge in [0, 0.05) is 43.7 Å². The highest BCUT2D eigenvalue weighted by molar-refractivity contribution is 7.20.